The second-order valence-corrected chi connectivity index (χ2v) is 5.96. The van der Waals surface area contributed by atoms with Gasteiger partial charge >= 0.3 is 0 Å². The maximum Gasteiger partial charge on any atom is 0.223 e. The molecule has 0 spiro atoms. The number of amides is 1. The van der Waals surface area contributed by atoms with E-state index in [2.05, 4.69) is 30.2 Å². The Kier molecular flexibility index (Phi) is 6.27. The van der Waals surface area contributed by atoms with Crippen LogP contribution in [0.2, 0.25) is 0 Å². The second-order valence-electron chi connectivity index (χ2n) is 5.96. The molecule has 1 aliphatic rings. The molecular formula is C19H27N3O. The highest BCUT2D eigenvalue weighted by Crippen LogP contribution is 2.28. The average molecular weight is 313 g/mol. The molecule has 0 unspecified atom stereocenters. The fourth-order valence-corrected chi connectivity index (χ4v) is 3.00. The third kappa shape index (κ3) is 4.62. The molecule has 1 amide bonds. The summed E-state index contributed by atoms with van der Waals surface area (Å²) in [6, 6.07) is 6.18. The topological polar surface area (TPSA) is 49.6 Å². The Balaban J connectivity index is 1.94. The lowest BCUT2D eigenvalue weighted by atomic mass is 10.1. The first-order valence-electron chi connectivity index (χ1n) is 8.28. The van der Waals surface area contributed by atoms with E-state index in [0.717, 1.165) is 30.0 Å². The molecule has 4 nitrogen and oxygen atoms in total. The Morgan fingerprint density at radius 1 is 1.22 bits per heavy atom. The van der Waals surface area contributed by atoms with Crippen LogP contribution in [0.1, 0.15) is 24.8 Å². The molecule has 0 aliphatic carbocycles. The number of hydrogen-bond acceptors (Lipinski definition) is 3. The minimum absolute atomic E-state index is 0.118. The van der Waals surface area contributed by atoms with Crippen LogP contribution in [-0.4, -0.2) is 37.0 Å². The highest BCUT2D eigenvalue weighted by molar-refractivity contribution is 5.77. The van der Waals surface area contributed by atoms with Crippen LogP contribution in [0.25, 0.3) is 0 Å². The summed E-state index contributed by atoms with van der Waals surface area (Å²) >= 11 is 0. The lowest BCUT2D eigenvalue weighted by Gasteiger charge is -2.21. The van der Waals surface area contributed by atoms with Crippen molar-refractivity contribution in [3.05, 3.63) is 49.1 Å². The Bertz CT molecular complexity index is 552. The molecule has 0 aromatic heterocycles. The van der Waals surface area contributed by atoms with Gasteiger partial charge in [0, 0.05) is 32.6 Å². The van der Waals surface area contributed by atoms with E-state index in [-0.39, 0.29) is 5.91 Å². The van der Waals surface area contributed by atoms with Crippen LogP contribution >= 0.6 is 0 Å². The van der Waals surface area contributed by atoms with Crippen molar-refractivity contribution in [2.24, 2.45) is 0 Å². The van der Waals surface area contributed by atoms with Crippen LogP contribution in [0.3, 0.4) is 0 Å². The molecular weight excluding hydrogens is 286 g/mol. The van der Waals surface area contributed by atoms with Gasteiger partial charge in [-0.15, -0.1) is 13.2 Å². The highest BCUT2D eigenvalue weighted by Gasteiger charge is 2.15. The molecule has 2 rings (SSSR count). The van der Waals surface area contributed by atoms with Gasteiger partial charge in [-0.2, -0.15) is 0 Å². The largest absolute Gasteiger partial charge is 0.397 e. The summed E-state index contributed by atoms with van der Waals surface area (Å²) < 4.78 is 0. The zero-order valence-corrected chi connectivity index (χ0v) is 13.8. The molecule has 1 aromatic carbocycles. The first-order valence-corrected chi connectivity index (χ1v) is 8.28. The smallest absolute Gasteiger partial charge is 0.223 e. The summed E-state index contributed by atoms with van der Waals surface area (Å²) in [7, 11) is 0. The Morgan fingerprint density at radius 3 is 2.43 bits per heavy atom. The summed E-state index contributed by atoms with van der Waals surface area (Å²) in [6.07, 6.45) is 7.13. The minimum atomic E-state index is 0.118. The number of nitrogens with two attached hydrogens (primary N) is 1. The van der Waals surface area contributed by atoms with E-state index in [1.54, 1.807) is 17.1 Å². The van der Waals surface area contributed by atoms with Gasteiger partial charge in [-0.3, -0.25) is 4.79 Å². The van der Waals surface area contributed by atoms with E-state index in [1.807, 2.05) is 6.07 Å². The summed E-state index contributed by atoms with van der Waals surface area (Å²) in [6.45, 7) is 10.7. The molecule has 0 atom stereocenters. The number of nitrogens with zero attached hydrogens (tertiary/aromatic N) is 2. The van der Waals surface area contributed by atoms with Crippen molar-refractivity contribution in [1.82, 2.24) is 4.90 Å². The van der Waals surface area contributed by atoms with Gasteiger partial charge < -0.3 is 15.5 Å². The summed E-state index contributed by atoms with van der Waals surface area (Å²) in [5.74, 6) is 0.118. The number of benzene rings is 1. The van der Waals surface area contributed by atoms with Crippen LogP contribution in [0, 0.1) is 0 Å². The number of anilines is 2. The summed E-state index contributed by atoms with van der Waals surface area (Å²) in [5.41, 5.74) is 9.24. The number of nitrogen functional groups attached to an aromatic ring is 1. The SMILES string of the molecule is C=CCN(CC=C)C(=O)CCc1ccc(N2CCCC2)c(N)c1. The predicted molar refractivity (Wildman–Crippen MR) is 97.6 cm³/mol. The lowest BCUT2D eigenvalue weighted by Crippen LogP contribution is -2.31. The van der Waals surface area contributed by atoms with Crippen LogP contribution in [0.5, 0.6) is 0 Å². The van der Waals surface area contributed by atoms with Crippen LogP contribution in [0.15, 0.2) is 43.5 Å². The zero-order chi connectivity index (χ0) is 16.7. The normalized spacial score (nSPS) is 13.8. The van der Waals surface area contributed by atoms with Crippen molar-refractivity contribution in [2.75, 3.05) is 36.8 Å². The lowest BCUT2D eigenvalue weighted by molar-refractivity contribution is -0.130. The third-order valence-corrected chi connectivity index (χ3v) is 4.22. The molecule has 4 heteroatoms. The molecule has 1 heterocycles. The molecule has 1 saturated heterocycles. The maximum atomic E-state index is 12.2. The second kappa shape index (κ2) is 8.42. The van der Waals surface area contributed by atoms with E-state index >= 15 is 0 Å². The quantitative estimate of drug-likeness (QED) is 0.593. The molecule has 1 aromatic rings. The number of carbonyl (C=O) groups is 1. The fourth-order valence-electron chi connectivity index (χ4n) is 3.00. The van der Waals surface area contributed by atoms with Gasteiger partial charge in [0.25, 0.3) is 0 Å². The number of carbonyl (C=O) groups excluding carboxylic acids is 1. The summed E-state index contributed by atoms with van der Waals surface area (Å²) in [4.78, 5) is 16.3. The van der Waals surface area contributed by atoms with E-state index < -0.39 is 0 Å². The van der Waals surface area contributed by atoms with Gasteiger partial charge in [0.15, 0.2) is 0 Å². The Labute approximate surface area is 139 Å². The summed E-state index contributed by atoms with van der Waals surface area (Å²) in [5, 5.41) is 0. The predicted octanol–water partition coefficient (Wildman–Crippen LogP) is 3.00. The molecule has 0 radical (unpaired) electrons. The van der Waals surface area contributed by atoms with E-state index in [0.29, 0.717) is 25.9 Å². The first kappa shape index (κ1) is 17.1. The fraction of sp³-hybridized carbons (Fsp3) is 0.421. The Hall–Kier alpha value is -2.23. The van der Waals surface area contributed by atoms with Crippen molar-refractivity contribution in [3.8, 4) is 0 Å². The van der Waals surface area contributed by atoms with Gasteiger partial charge in [0.05, 0.1) is 11.4 Å². The molecule has 124 valence electrons. The van der Waals surface area contributed by atoms with Gasteiger partial charge in [-0.05, 0) is 37.0 Å². The number of hydrogen-bond donors (Lipinski definition) is 1. The maximum absolute atomic E-state index is 12.2. The van der Waals surface area contributed by atoms with E-state index in [1.165, 1.54) is 12.8 Å². The van der Waals surface area contributed by atoms with Crippen molar-refractivity contribution < 1.29 is 4.79 Å². The van der Waals surface area contributed by atoms with E-state index in [9.17, 15) is 4.79 Å². The van der Waals surface area contributed by atoms with Crippen LogP contribution in [-0.2, 0) is 11.2 Å². The number of rotatable bonds is 8. The molecule has 1 fully saturated rings. The van der Waals surface area contributed by atoms with Gasteiger partial charge in [0.1, 0.15) is 0 Å². The number of aryl methyl sites for hydroxylation is 1. The van der Waals surface area contributed by atoms with Gasteiger partial charge in [-0.1, -0.05) is 18.2 Å². The Morgan fingerprint density at radius 2 is 1.87 bits per heavy atom. The molecule has 0 saturated carbocycles. The van der Waals surface area contributed by atoms with Crippen LogP contribution in [0.4, 0.5) is 11.4 Å². The molecule has 0 bridgehead atoms. The first-order chi connectivity index (χ1) is 11.2. The van der Waals surface area contributed by atoms with Crippen molar-refractivity contribution in [1.29, 1.82) is 0 Å². The third-order valence-electron chi connectivity index (χ3n) is 4.22. The molecule has 23 heavy (non-hydrogen) atoms. The zero-order valence-electron chi connectivity index (χ0n) is 13.8. The monoisotopic (exact) mass is 313 g/mol. The minimum Gasteiger partial charge on any atom is -0.397 e. The van der Waals surface area contributed by atoms with Crippen molar-refractivity contribution in [2.45, 2.75) is 25.7 Å². The van der Waals surface area contributed by atoms with Gasteiger partial charge in [0.2, 0.25) is 5.91 Å². The van der Waals surface area contributed by atoms with Crippen LogP contribution < -0.4 is 10.6 Å². The van der Waals surface area contributed by atoms with Crippen molar-refractivity contribution >= 4 is 17.3 Å². The highest BCUT2D eigenvalue weighted by atomic mass is 16.2. The molecule has 1 aliphatic heterocycles. The van der Waals surface area contributed by atoms with E-state index in [4.69, 9.17) is 5.73 Å². The molecule has 2 N–H and O–H groups in total. The average Bonchev–Trinajstić information content (AvgIpc) is 3.06. The standard InChI is InChI=1S/C19H27N3O/c1-3-11-22(12-4-2)19(23)10-8-16-7-9-18(17(20)15-16)21-13-5-6-14-21/h3-4,7,9,15H,1-2,5-6,8,10-14,20H2. The van der Waals surface area contributed by atoms with Crippen molar-refractivity contribution in [3.63, 3.8) is 0 Å². The van der Waals surface area contributed by atoms with Gasteiger partial charge in [-0.25, -0.2) is 0 Å².